The average molecular weight is 224 g/mol. The maximum atomic E-state index is 12.5. The van der Waals surface area contributed by atoms with Gasteiger partial charge in [0.25, 0.3) is 0 Å². The second-order valence-corrected chi connectivity index (χ2v) is 5.37. The number of rotatable bonds is 3. The molecule has 16 heavy (non-hydrogen) atoms. The average Bonchev–Trinajstić information content (AvgIpc) is 2.51. The van der Waals surface area contributed by atoms with Crippen LogP contribution in [-0.2, 0) is 4.79 Å². The zero-order valence-corrected chi connectivity index (χ0v) is 10.4. The van der Waals surface area contributed by atoms with Crippen molar-refractivity contribution in [3.63, 3.8) is 0 Å². The first-order valence-electron chi connectivity index (χ1n) is 6.72. The normalized spacial score (nSPS) is 24.7. The molecule has 0 aromatic carbocycles. The first-order chi connectivity index (χ1) is 7.78. The van der Waals surface area contributed by atoms with E-state index >= 15 is 0 Å². The van der Waals surface area contributed by atoms with Gasteiger partial charge >= 0.3 is 0 Å². The van der Waals surface area contributed by atoms with Gasteiger partial charge < -0.3 is 10.2 Å². The first-order valence-corrected chi connectivity index (χ1v) is 6.72. The summed E-state index contributed by atoms with van der Waals surface area (Å²) in [6.45, 7) is 2.84. The van der Waals surface area contributed by atoms with E-state index in [2.05, 4.69) is 10.2 Å². The molecule has 0 unspecified atom stereocenters. The maximum Gasteiger partial charge on any atom is 0.230 e. The molecule has 92 valence electrons. The Labute approximate surface area is 98.6 Å². The van der Waals surface area contributed by atoms with E-state index in [0.717, 1.165) is 32.5 Å². The minimum absolute atomic E-state index is 0.0426. The van der Waals surface area contributed by atoms with E-state index in [9.17, 15) is 4.79 Å². The lowest BCUT2D eigenvalue weighted by Crippen LogP contribution is -2.52. The molecule has 0 aromatic heterocycles. The monoisotopic (exact) mass is 224 g/mol. The number of nitrogens with zero attached hydrogens (tertiary/aromatic N) is 1. The quantitative estimate of drug-likeness (QED) is 0.792. The molecule has 1 aliphatic heterocycles. The summed E-state index contributed by atoms with van der Waals surface area (Å²) < 4.78 is 0. The van der Waals surface area contributed by atoms with Crippen molar-refractivity contribution in [3.8, 4) is 0 Å². The largest absolute Gasteiger partial charge is 0.342 e. The van der Waals surface area contributed by atoms with Crippen LogP contribution in [0, 0.1) is 5.41 Å². The van der Waals surface area contributed by atoms with Gasteiger partial charge in [-0.05, 0) is 32.7 Å². The molecule has 0 radical (unpaired) electrons. The SMILES string of the molecule is CNCC1(C(=O)N2CCCCCC2)CCC1. The predicted octanol–water partition coefficient (Wildman–Crippen LogP) is 1.78. The molecule has 0 spiro atoms. The van der Waals surface area contributed by atoms with Gasteiger partial charge in [0.2, 0.25) is 5.91 Å². The van der Waals surface area contributed by atoms with Gasteiger partial charge in [0.1, 0.15) is 0 Å². The number of hydrogen-bond donors (Lipinski definition) is 1. The highest BCUT2D eigenvalue weighted by Crippen LogP contribution is 2.42. The Morgan fingerprint density at radius 2 is 1.75 bits per heavy atom. The maximum absolute atomic E-state index is 12.5. The van der Waals surface area contributed by atoms with Gasteiger partial charge in [0.15, 0.2) is 0 Å². The summed E-state index contributed by atoms with van der Waals surface area (Å²) in [4.78, 5) is 14.7. The molecule has 1 N–H and O–H groups in total. The third kappa shape index (κ3) is 2.24. The molecule has 3 nitrogen and oxygen atoms in total. The van der Waals surface area contributed by atoms with Gasteiger partial charge in [-0.1, -0.05) is 19.3 Å². The lowest BCUT2D eigenvalue weighted by Gasteiger charge is -2.43. The van der Waals surface area contributed by atoms with Crippen molar-refractivity contribution < 1.29 is 4.79 Å². The van der Waals surface area contributed by atoms with Gasteiger partial charge in [0.05, 0.1) is 5.41 Å². The molecular weight excluding hydrogens is 200 g/mol. The zero-order valence-electron chi connectivity index (χ0n) is 10.4. The third-order valence-electron chi connectivity index (χ3n) is 4.17. The van der Waals surface area contributed by atoms with Crippen LogP contribution in [0.25, 0.3) is 0 Å². The van der Waals surface area contributed by atoms with Gasteiger partial charge in [-0.3, -0.25) is 4.79 Å². The van der Waals surface area contributed by atoms with Crippen LogP contribution in [0.2, 0.25) is 0 Å². The molecule has 2 fully saturated rings. The van der Waals surface area contributed by atoms with Crippen LogP contribution in [0.4, 0.5) is 0 Å². The molecule has 1 heterocycles. The Morgan fingerprint density at radius 1 is 1.12 bits per heavy atom. The summed E-state index contributed by atoms with van der Waals surface area (Å²) in [7, 11) is 1.95. The number of nitrogens with one attached hydrogen (secondary N) is 1. The summed E-state index contributed by atoms with van der Waals surface area (Å²) in [5, 5.41) is 3.20. The van der Waals surface area contributed by atoms with Crippen LogP contribution in [0.15, 0.2) is 0 Å². The minimum atomic E-state index is -0.0426. The molecule has 3 heteroatoms. The molecule has 0 bridgehead atoms. The van der Waals surface area contributed by atoms with Crippen LogP contribution in [-0.4, -0.2) is 37.5 Å². The van der Waals surface area contributed by atoms with Crippen LogP contribution >= 0.6 is 0 Å². The lowest BCUT2D eigenvalue weighted by molar-refractivity contribution is -0.147. The molecule has 1 saturated heterocycles. The molecule has 1 amide bonds. The topological polar surface area (TPSA) is 32.3 Å². The van der Waals surface area contributed by atoms with Gasteiger partial charge in [0, 0.05) is 19.6 Å². The van der Waals surface area contributed by atoms with E-state index in [1.54, 1.807) is 0 Å². The van der Waals surface area contributed by atoms with Crippen molar-refractivity contribution in [3.05, 3.63) is 0 Å². The number of amides is 1. The van der Waals surface area contributed by atoms with E-state index in [4.69, 9.17) is 0 Å². The molecule has 0 atom stereocenters. The van der Waals surface area contributed by atoms with E-state index in [1.165, 1.54) is 32.1 Å². The zero-order chi connectivity index (χ0) is 11.4. The Morgan fingerprint density at radius 3 is 2.19 bits per heavy atom. The van der Waals surface area contributed by atoms with Crippen LogP contribution in [0.1, 0.15) is 44.9 Å². The van der Waals surface area contributed by atoms with E-state index in [1.807, 2.05) is 7.05 Å². The molecular formula is C13H24N2O. The highest BCUT2D eigenvalue weighted by atomic mass is 16.2. The van der Waals surface area contributed by atoms with Crippen LogP contribution in [0.3, 0.4) is 0 Å². The summed E-state index contributed by atoms with van der Waals surface area (Å²) in [6.07, 6.45) is 8.38. The third-order valence-corrected chi connectivity index (χ3v) is 4.17. The van der Waals surface area contributed by atoms with E-state index in [0.29, 0.717) is 5.91 Å². The fraction of sp³-hybridized carbons (Fsp3) is 0.923. The Kier molecular flexibility index (Phi) is 3.85. The summed E-state index contributed by atoms with van der Waals surface area (Å²) in [6, 6.07) is 0. The molecule has 0 aromatic rings. The number of hydrogen-bond acceptors (Lipinski definition) is 2. The number of carbonyl (C=O) groups excluding carboxylic acids is 1. The molecule has 1 saturated carbocycles. The lowest BCUT2D eigenvalue weighted by atomic mass is 9.67. The van der Waals surface area contributed by atoms with Gasteiger partial charge in [-0.2, -0.15) is 0 Å². The van der Waals surface area contributed by atoms with E-state index < -0.39 is 0 Å². The van der Waals surface area contributed by atoms with Crippen molar-refractivity contribution in [1.29, 1.82) is 0 Å². The number of carbonyl (C=O) groups is 1. The Bertz CT molecular complexity index is 240. The summed E-state index contributed by atoms with van der Waals surface area (Å²) >= 11 is 0. The number of likely N-dealkylation sites (tertiary alicyclic amines) is 1. The van der Waals surface area contributed by atoms with Crippen molar-refractivity contribution in [2.24, 2.45) is 5.41 Å². The smallest absolute Gasteiger partial charge is 0.230 e. The first kappa shape index (κ1) is 11.9. The van der Waals surface area contributed by atoms with Crippen molar-refractivity contribution in [2.45, 2.75) is 44.9 Å². The minimum Gasteiger partial charge on any atom is -0.342 e. The van der Waals surface area contributed by atoms with Gasteiger partial charge in [-0.25, -0.2) is 0 Å². The molecule has 1 aliphatic carbocycles. The summed E-state index contributed by atoms with van der Waals surface area (Å²) in [5.74, 6) is 0.426. The van der Waals surface area contributed by atoms with Crippen LogP contribution < -0.4 is 5.32 Å². The highest BCUT2D eigenvalue weighted by molar-refractivity contribution is 5.84. The fourth-order valence-corrected chi connectivity index (χ4v) is 3.02. The van der Waals surface area contributed by atoms with Crippen molar-refractivity contribution in [2.75, 3.05) is 26.7 Å². The van der Waals surface area contributed by atoms with Gasteiger partial charge in [-0.15, -0.1) is 0 Å². The predicted molar refractivity (Wildman–Crippen MR) is 65.3 cm³/mol. The second-order valence-electron chi connectivity index (χ2n) is 5.37. The Hall–Kier alpha value is -0.570. The van der Waals surface area contributed by atoms with Crippen molar-refractivity contribution >= 4 is 5.91 Å². The standard InChI is InChI=1S/C13H24N2O/c1-14-11-13(7-6-8-13)12(16)15-9-4-2-3-5-10-15/h14H,2-11H2,1H3. The summed E-state index contributed by atoms with van der Waals surface area (Å²) in [5.41, 5.74) is -0.0426. The van der Waals surface area contributed by atoms with E-state index in [-0.39, 0.29) is 5.41 Å². The second kappa shape index (κ2) is 5.17. The van der Waals surface area contributed by atoms with Crippen LogP contribution in [0.5, 0.6) is 0 Å². The molecule has 2 aliphatic rings. The Balaban J connectivity index is 1.98. The highest BCUT2D eigenvalue weighted by Gasteiger charge is 2.45. The molecule has 2 rings (SSSR count). The fourth-order valence-electron chi connectivity index (χ4n) is 3.02. The van der Waals surface area contributed by atoms with Crippen molar-refractivity contribution in [1.82, 2.24) is 10.2 Å².